The molecule has 0 aromatic heterocycles. The van der Waals surface area contributed by atoms with Gasteiger partial charge in [-0.2, -0.15) is 0 Å². The summed E-state index contributed by atoms with van der Waals surface area (Å²) in [5.74, 6) is 0.221. The Kier molecular flexibility index (Phi) is 4.28. The molecule has 1 saturated carbocycles. The minimum atomic E-state index is -0.177. The van der Waals surface area contributed by atoms with Crippen LogP contribution in [-0.2, 0) is 4.79 Å². The molecule has 2 aliphatic rings. The lowest BCUT2D eigenvalue weighted by Crippen LogP contribution is -2.44. The smallest absolute Gasteiger partial charge is 0.227 e. The van der Waals surface area contributed by atoms with Crippen LogP contribution in [0.3, 0.4) is 0 Å². The minimum absolute atomic E-state index is 0.177. The van der Waals surface area contributed by atoms with Gasteiger partial charge in [0.2, 0.25) is 5.91 Å². The van der Waals surface area contributed by atoms with Crippen LogP contribution in [0.25, 0.3) is 0 Å². The number of rotatable bonds is 7. The van der Waals surface area contributed by atoms with Crippen molar-refractivity contribution in [2.24, 2.45) is 10.8 Å². The highest BCUT2D eigenvalue weighted by molar-refractivity contribution is 5.83. The van der Waals surface area contributed by atoms with E-state index in [9.17, 15) is 4.79 Å². The lowest BCUT2D eigenvalue weighted by atomic mass is 9.81. The number of aliphatic hydroxyl groups is 1. The molecule has 2 fully saturated rings. The van der Waals surface area contributed by atoms with Gasteiger partial charge in [-0.1, -0.05) is 13.3 Å². The van der Waals surface area contributed by atoms with Crippen LogP contribution in [0.5, 0.6) is 0 Å². The fourth-order valence-electron chi connectivity index (χ4n) is 3.13. The highest BCUT2D eigenvalue weighted by Gasteiger charge is 2.45. The molecule has 1 heterocycles. The Bertz CT molecular complexity index is 294. The third-order valence-corrected chi connectivity index (χ3v) is 4.68. The summed E-state index contributed by atoms with van der Waals surface area (Å²) < 4.78 is 0. The van der Waals surface area contributed by atoms with E-state index < -0.39 is 0 Å². The van der Waals surface area contributed by atoms with Gasteiger partial charge < -0.3 is 15.7 Å². The quantitative estimate of drug-likeness (QED) is 0.636. The molecule has 18 heavy (non-hydrogen) atoms. The van der Waals surface area contributed by atoms with Gasteiger partial charge in [0.1, 0.15) is 0 Å². The second-order valence-electron chi connectivity index (χ2n) is 6.11. The lowest BCUT2D eigenvalue weighted by molar-refractivity contribution is -0.130. The first-order valence-electron chi connectivity index (χ1n) is 7.26. The molecular formula is C14H26N2O2. The third-order valence-electron chi connectivity index (χ3n) is 4.68. The molecule has 104 valence electrons. The van der Waals surface area contributed by atoms with Gasteiger partial charge in [0.05, 0.1) is 5.41 Å². The number of carbonyl (C=O) groups is 1. The van der Waals surface area contributed by atoms with Crippen molar-refractivity contribution in [2.75, 3.05) is 26.2 Å². The molecule has 1 aliphatic heterocycles. The molecule has 1 saturated heterocycles. The van der Waals surface area contributed by atoms with Gasteiger partial charge >= 0.3 is 0 Å². The SMILES string of the molecule is CCCC1(C(=O)NCC2(CCO)CC2)CCNC1. The van der Waals surface area contributed by atoms with E-state index in [0.717, 1.165) is 58.2 Å². The molecule has 1 aliphatic carbocycles. The summed E-state index contributed by atoms with van der Waals surface area (Å²) in [5.41, 5.74) is 0.0356. The highest BCUT2D eigenvalue weighted by Crippen LogP contribution is 2.48. The summed E-state index contributed by atoms with van der Waals surface area (Å²) in [6.07, 6.45) is 6.10. The fourth-order valence-corrected chi connectivity index (χ4v) is 3.13. The highest BCUT2D eigenvalue weighted by atomic mass is 16.3. The maximum absolute atomic E-state index is 12.4. The van der Waals surface area contributed by atoms with Crippen LogP contribution in [0.15, 0.2) is 0 Å². The Balaban J connectivity index is 1.86. The monoisotopic (exact) mass is 254 g/mol. The van der Waals surface area contributed by atoms with Crippen molar-refractivity contribution < 1.29 is 9.90 Å². The third kappa shape index (κ3) is 2.86. The van der Waals surface area contributed by atoms with Gasteiger partial charge in [-0.25, -0.2) is 0 Å². The number of amides is 1. The largest absolute Gasteiger partial charge is 0.396 e. The number of hydrogen-bond acceptors (Lipinski definition) is 3. The molecule has 0 aromatic rings. The number of carbonyl (C=O) groups excluding carboxylic acids is 1. The van der Waals surface area contributed by atoms with E-state index in [1.807, 2.05) is 0 Å². The molecule has 0 bridgehead atoms. The van der Waals surface area contributed by atoms with E-state index >= 15 is 0 Å². The van der Waals surface area contributed by atoms with Crippen molar-refractivity contribution in [1.82, 2.24) is 10.6 Å². The second-order valence-corrected chi connectivity index (χ2v) is 6.11. The Morgan fingerprint density at radius 2 is 2.11 bits per heavy atom. The average Bonchev–Trinajstić information content (AvgIpc) is 2.95. The van der Waals surface area contributed by atoms with Crippen LogP contribution in [0.4, 0.5) is 0 Å². The van der Waals surface area contributed by atoms with Crippen molar-refractivity contribution in [1.29, 1.82) is 0 Å². The summed E-state index contributed by atoms with van der Waals surface area (Å²) in [7, 11) is 0. The molecule has 0 radical (unpaired) electrons. The minimum Gasteiger partial charge on any atom is -0.396 e. The van der Waals surface area contributed by atoms with Crippen molar-refractivity contribution in [3.8, 4) is 0 Å². The fraction of sp³-hybridized carbons (Fsp3) is 0.929. The first kappa shape index (κ1) is 13.8. The van der Waals surface area contributed by atoms with Gasteiger partial charge in [0, 0.05) is 19.7 Å². The lowest BCUT2D eigenvalue weighted by Gasteiger charge is -2.27. The molecule has 1 amide bonds. The van der Waals surface area contributed by atoms with Gasteiger partial charge in [-0.3, -0.25) is 4.79 Å². The van der Waals surface area contributed by atoms with Crippen molar-refractivity contribution in [3.05, 3.63) is 0 Å². The maximum Gasteiger partial charge on any atom is 0.227 e. The molecule has 3 N–H and O–H groups in total. The van der Waals surface area contributed by atoms with Crippen LogP contribution >= 0.6 is 0 Å². The van der Waals surface area contributed by atoms with Crippen molar-refractivity contribution >= 4 is 5.91 Å². The summed E-state index contributed by atoms with van der Waals surface area (Å²) in [5, 5.41) is 15.5. The van der Waals surface area contributed by atoms with Gasteiger partial charge in [-0.15, -0.1) is 0 Å². The molecule has 0 aromatic carbocycles. The van der Waals surface area contributed by atoms with Crippen molar-refractivity contribution in [2.45, 2.75) is 45.4 Å². The predicted octanol–water partition coefficient (Wildman–Crippen LogP) is 1.04. The van der Waals surface area contributed by atoms with Gasteiger partial charge in [0.15, 0.2) is 0 Å². The average molecular weight is 254 g/mol. The molecule has 4 heteroatoms. The molecule has 4 nitrogen and oxygen atoms in total. The van der Waals surface area contributed by atoms with Crippen LogP contribution in [-0.4, -0.2) is 37.3 Å². The zero-order valence-electron chi connectivity index (χ0n) is 11.4. The van der Waals surface area contributed by atoms with Crippen LogP contribution in [0.2, 0.25) is 0 Å². The first-order valence-corrected chi connectivity index (χ1v) is 7.26. The predicted molar refractivity (Wildman–Crippen MR) is 71.2 cm³/mol. The maximum atomic E-state index is 12.4. The first-order chi connectivity index (χ1) is 8.66. The topological polar surface area (TPSA) is 61.4 Å². The summed E-state index contributed by atoms with van der Waals surface area (Å²) in [6.45, 7) is 4.89. The van der Waals surface area contributed by atoms with E-state index in [1.54, 1.807) is 0 Å². The zero-order chi connectivity index (χ0) is 13.1. The normalized spacial score (nSPS) is 29.2. The van der Waals surface area contributed by atoms with Gasteiger partial charge in [0.25, 0.3) is 0 Å². The van der Waals surface area contributed by atoms with Crippen LogP contribution < -0.4 is 10.6 Å². The zero-order valence-corrected chi connectivity index (χ0v) is 11.4. The van der Waals surface area contributed by atoms with E-state index in [1.165, 1.54) is 0 Å². The molecule has 1 atom stereocenters. The standard InChI is InChI=1S/C14H26N2O2/c1-2-3-14(6-8-15-11-14)12(18)16-10-13(4-5-13)7-9-17/h15,17H,2-11H2,1H3,(H,16,18). The van der Waals surface area contributed by atoms with E-state index in [-0.39, 0.29) is 23.3 Å². The Morgan fingerprint density at radius 3 is 2.61 bits per heavy atom. The Hall–Kier alpha value is -0.610. The number of nitrogens with one attached hydrogen (secondary N) is 2. The summed E-state index contributed by atoms with van der Waals surface area (Å²) in [4.78, 5) is 12.4. The van der Waals surface area contributed by atoms with E-state index in [4.69, 9.17) is 5.11 Å². The van der Waals surface area contributed by atoms with E-state index in [0.29, 0.717) is 0 Å². The summed E-state index contributed by atoms with van der Waals surface area (Å²) >= 11 is 0. The Labute approximate surface area is 110 Å². The summed E-state index contributed by atoms with van der Waals surface area (Å²) in [6, 6.07) is 0. The molecule has 2 rings (SSSR count). The van der Waals surface area contributed by atoms with Crippen molar-refractivity contribution in [3.63, 3.8) is 0 Å². The molecule has 1 unspecified atom stereocenters. The van der Waals surface area contributed by atoms with Crippen LogP contribution in [0, 0.1) is 10.8 Å². The molecule has 0 spiro atoms. The van der Waals surface area contributed by atoms with Crippen LogP contribution in [0.1, 0.15) is 45.4 Å². The number of hydrogen-bond donors (Lipinski definition) is 3. The van der Waals surface area contributed by atoms with Gasteiger partial charge in [-0.05, 0) is 44.1 Å². The number of aliphatic hydroxyl groups excluding tert-OH is 1. The second kappa shape index (κ2) is 5.57. The Morgan fingerprint density at radius 1 is 1.33 bits per heavy atom. The molecular weight excluding hydrogens is 228 g/mol. The van der Waals surface area contributed by atoms with E-state index in [2.05, 4.69) is 17.6 Å².